The largest absolute Gasteiger partial charge is 0.369 e. The van der Waals surface area contributed by atoms with Crippen LogP contribution in [0.1, 0.15) is 30.9 Å². The van der Waals surface area contributed by atoms with E-state index >= 15 is 0 Å². The van der Waals surface area contributed by atoms with E-state index < -0.39 is 5.60 Å². The molecule has 0 amide bonds. The Labute approximate surface area is 138 Å². The Balaban J connectivity index is 1.91. The van der Waals surface area contributed by atoms with Crippen molar-refractivity contribution in [2.45, 2.75) is 31.4 Å². The highest BCUT2D eigenvalue weighted by atomic mass is 16.3. The van der Waals surface area contributed by atoms with Crippen LogP contribution in [0.4, 0.5) is 0 Å². The van der Waals surface area contributed by atoms with Gasteiger partial charge in [0.2, 0.25) is 0 Å². The number of rotatable bonds is 3. The maximum Gasteiger partial charge on any atom is 0.177 e. The first-order chi connectivity index (χ1) is 11.2. The van der Waals surface area contributed by atoms with Crippen LogP contribution in [-0.4, -0.2) is 24.2 Å². The van der Waals surface area contributed by atoms with Gasteiger partial charge in [-0.3, -0.25) is 0 Å². The Morgan fingerprint density at radius 3 is 2.09 bits per heavy atom. The molecule has 1 aliphatic heterocycles. The van der Waals surface area contributed by atoms with Crippen LogP contribution in [0.3, 0.4) is 0 Å². The third-order valence-corrected chi connectivity index (χ3v) is 4.80. The van der Waals surface area contributed by atoms with Gasteiger partial charge in [-0.05, 0) is 12.8 Å². The quantitative estimate of drug-likeness (QED) is 0.833. The van der Waals surface area contributed by atoms with Gasteiger partial charge >= 0.3 is 0 Å². The molecule has 2 heteroatoms. The second-order valence-electron chi connectivity index (χ2n) is 6.37. The van der Waals surface area contributed by atoms with E-state index in [2.05, 4.69) is 18.8 Å². The summed E-state index contributed by atoms with van der Waals surface area (Å²) in [7, 11) is 0. The van der Waals surface area contributed by atoms with E-state index in [0.29, 0.717) is 6.04 Å². The lowest BCUT2D eigenvalue weighted by Gasteiger charge is -2.23. The summed E-state index contributed by atoms with van der Waals surface area (Å²) in [5.74, 6) is 6.42. The normalized spacial score (nSPS) is 20.8. The van der Waals surface area contributed by atoms with Gasteiger partial charge in [0.1, 0.15) is 6.54 Å². The van der Waals surface area contributed by atoms with Crippen molar-refractivity contribution in [2.24, 2.45) is 0 Å². The zero-order chi connectivity index (χ0) is 16.1. The molecule has 3 rings (SSSR count). The van der Waals surface area contributed by atoms with Gasteiger partial charge in [-0.1, -0.05) is 66.6 Å². The van der Waals surface area contributed by atoms with Gasteiger partial charge < -0.3 is 10.0 Å². The zero-order valence-corrected chi connectivity index (χ0v) is 13.6. The third-order valence-electron chi connectivity index (χ3n) is 4.80. The summed E-state index contributed by atoms with van der Waals surface area (Å²) in [6.45, 7) is 4.26. The van der Waals surface area contributed by atoms with Crippen LogP contribution in [0.2, 0.25) is 0 Å². The highest BCUT2D eigenvalue weighted by Crippen LogP contribution is 2.28. The van der Waals surface area contributed by atoms with Gasteiger partial charge in [0.15, 0.2) is 5.60 Å². The molecule has 1 aliphatic rings. The van der Waals surface area contributed by atoms with Crippen LogP contribution < -0.4 is 4.90 Å². The van der Waals surface area contributed by atoms with Gasteiger partial charge in [0.25, 0.3) is 0 Å². The van der Waals surface area contributed by atoms with Gasteiger partial charge in [0.05, 0.1) is 12.6 Å². The van der Waals surface area contributed by atoms with Crippen LogP contribution in [0.15, 0.2) is 60.7 Å². The SMILES string of the molecule is C[C@H]1CCC[NH+]1CC#CC(O)(c1ccccc1)c1ccccc1. The number of hydrogen-bond acceptors (Lipinski definition) is 1. The fourth-order valence-electron chi connectivity index (χ4n) is 3.30. The van der Waals surface area contributed by atoms with Gasteiger partial charge in [-0.25, -0.2) is 0 Å². The van der Waals surface area contributed by atoms with E-state index in [4.69, 9.17) is 0 Å². The standard InChI is InChI=1S/C21H23NO/c1-18-10-8-16-22(18)17-9-15-21(23,19-11-4-2-5-12-19)20-13-6-3-7-14-20/h2-7,11-14,18,23H,8,10,16-17H2,1H3/p+1/t18-/m0/s1. The molecule has 0 aromatic heterocycles. The molecular weight excluding hydrogens is 282 g/mol. The Morgan fingerprint density at radius 2 is 1.61 bits per heavy atom. The molecule has 1 heterocycles. The van der Waals surface area contributed by atoms with E-state index in [1.807, 2.05) is 60.7 Å². The molecule has 2 aromatic carbocycles. The van der Waals surface area contributed by atoms with Crippen molar-refractivity contribution in [1.29, 1.82) is 0 Å². The predicted molar refractivity (Wildman–Crippen MR) is 93.1 cm³/mol. The fraction of sp³-hybridized carbons (Fsp3) is 0.333. The van der Waals surface area contributed by atoms with Crippen LogP contribution in [-0.2, 0) is 5.60 Å². The fourth-order valence-corrected chi connectivity index (χ4v) is 3.30. The molecular formula is C21H24NO+. The number of likely N-dealkylation sites (tertiary alicyclic amines) is 1. The molecule has 2 nitrogen and oxygen atoms in total. The second kappa shape index (κ2) is 7.00. The van der Waals surface area contributed by atoms with Crippen molar-refractivity contribution in [3.63, 3.8) is 0 Å². The maximum absolute atomic E-state index is 11.3. The summed E-state index contributed by atoms with van der Waals surface area (Å²) in [5, 5.41) is 11.3. The topological polar surface area (TPSA) is 24.7 Å². The highest BCUT2D eigenvalue weighted by Gasteiger charge is 2.29. The van der Waals surface area contributed by atoms with Crippen molar-refractivity contribution in [3.05, 3.63) is 71.8 Å². The van der Waals surface area contributed by atoms with E-state index in [0.717, 1.165) is 17.7 Å². The molecule has 1 saturated heterocycles. The number of hydrogen-bond donors (Lipinski definition) is 2. The van der Waals surface area contributed by atoms with Crippen molar-refractivity contribution in [3.8, 4) is 11.8 Å². The minimum atomic E-state index is -1.25. The Morgan fingerprint density at radius 1 is 1.04 bits per heavy atom. The molecule has 1 fully saturated rings. The van der Waals surface area contributed by atoms with Gasteiger partial charge in [0, 0.05) is 24.0 Å². The molecule has 1 unspecified atom stereocenters. The number of benzene rings is 2. The summed E-state index contributed by atoms with van der Waals surface area (Å²) in [6, 6.07) is 20.1. The zero-order valence-electron chi connectivity index (χ0n) is 13.6. The van der Waals surface area contributed by atoms with Crippen molar-refractivity contribution >= 4 is 0 Å². The monoisotopic (exact) mass is 306 g/mol. The summed E-state index contributed by atoms with van der Waals surface area (Å²) < 4.78 is 0. The molecule has 2 N–H and O–H groups in total. The molecule has 0 spiro atoms. The van der Waals surface area contributed by atoms with E-state index in [1.165, 1.54) is 24.3 Å². The number of aliphatic hydroxyl groups is 1. The minimum absolute atomic E-state index is 0.672. The van der Waals surface area contributed by atoms with Crippen LogP contribution in [0, 0.1) is 11.8 Å². The van der Waals surface area contributed by atoms with Crippen molar-refractivity contribution < 1.29 is 10.0 Å². The maximum atomic E-state index is 11.3. The lowest BCUT2D eigenvalue weighted by Crippen LogP contribution is -3.13. The summed E-state index contributed by atoms with van der Waals surface area (Å²) in [4.78, 5) is 1.53. The van der Waals surface area contributed by atoms with Crippen molar-refractivity contribution in [1.82, 2.24) is 0 Å². The highest BCUT2D eigenvalue weighted by molar-refractivity contribution is 5.44. The average Bonchev–Trinajstić information content (AvgIpc) is 3.01. The first kappa shape index (κ1) is 15.8. The molecule has 0 aliphatic carbocycles. The molecule has 0 bridgehead atoms. The lowest BCUT2D eigenvalue weighted by atomic mass is 9.87. The first-order valence-corrected chi connectivity index (χ1v) is 8.38. The molecule has 0 saturated carbocycles. The summed E-state index contributed by atoms with van der Waals surface area (Å²) >= 11 is 0. The number of nitrogens with one attached hydrogen (secondary N) is 1. The first-order valence-electron chi connectivity index (χ1n) is 8.38. The minimum Gasteiger partial charge on any atom is -0.369 e. The Hall–Kier alpha value is -2.08. The molecule has 2 aromatic rings. The van der Waals surface area contributed by atoms with E-state index in [9.17, 15) is 5.11 Å². The average molecular weight is 306 g/mol. The molecule has 2 atom stereocenters. The predicted octanol–water partition coefficient (Wildman–Crippen LogP) is 1.99. The summed E-state index contributed by atoms with van der Waals surface area (Å²) in [6.07, 6.45) is 2.55. The van der Waals surface area contributed by atoms with Crippen LogP contribution in [0.5, 0.6) is 0 Å². The second-order valence-corrected chi connectivity index (χ2v) is 6.37. The smallest absolute Gasteiger partial charge is 0.177 e. The van der Waals surface area contributed by atoms with Gasteiger partial charge in [-0.15, -0.1) is 0 Å². The van der Waals surface area contributed by atoms with E-state index in [1.54, 1.807) is 0 Å². The van der Waals surface area contributed by atoms with Crippen molar-refractivity contribution in [2.75, 3.05) is 13.1 Å². The summed E-state index contributed by atoms with van der Waals surface area (Å²) in [5.41, 5.74) is 0.400. The number of quaternary nitrogens is 1. The molecule has 23 heavy (non-hydrogen) atoms. The third kappa shape index (κ3) is 3.47. The Kier molecular flexibility index (Phi) is 4.81. The molecule has 0 radical (unpaired) electrons. The molecule has 118 valence electrons. The lowest BCUT2D eigenvalue weighted by molar-refractivity contribution is -0.903. The van der Waals surface area contributed by atoms with Crippen LogP contribution >= 0.6 is 0 Å². The Bertz CT molecular complexity index is 645. The van der Waals surface area contributed by atoms with Gasteiger partial charge in [-0.2, -0.15) is 0 Å². The van der Waals surface area contributed by atoms with Crippen LogP contribution in [0.25, 0.3) is 0 Å². The van der Waals surface area contributed by atoms with E-state index in [-0.39, 0.29) is 0 Å².